The number of rotatable bonds is 5. The molecule has 1 N–H and O–H groups in total. The van der Waals surface area contributed by atoms with E-state index in [1.54, 1.807) is 25.2 Å². The van der Waals surface area contributed by atoms with Gasteiger partial charge in [0.15, 0.2) is 6.29 Å². The van der Waals surface area contributed by atoms with Gasteiger partial charge >= 0.3 is 0 Å². The van der Waals surface area contributed by atoms with Crippen LogP contribution in [0.5, 0.6) is 0 Å². The van der Waals surface area contributed by atoms with Crippen molar-refractivity contribution >= 4 is 29.7 Å². The zero-order chi connectivity index (χ0) is 12.0. The second-order valence-corrected chi connectivity index (χ2v) is 3.22. The number of aliphatic imine (C=N–C) groups is 1. The Morgan fingerprint density at radius 3 is 2.69 bits per heavy atom. The summed E-state index contributed by atoms with van der Waals surface area (Å²) >= 11 is 0. The third kappa shape index (κ3) is 2.76. The fourth-order valence-electron chi connectivity index (χ4n) is 1.27. The van der Waals surface area contributed by atoms with Crippen molar-refractivity contribution in [2.24, 2.45) is 4.99 Å². The maximum atomic E-state index is 10.7. The number of nitrogens with one attached hydrogen (secondary N) is 1. The number of nitrogens with zero attached hydrogens (tertiary/aromatic N) is 1. The molecule has 4 nitrogen and oxygen atoms in total. The lowest BCUT2D eigenvalue weighted by Gasteiger charge is -2.06. The first-order valence-electron chi connectivity index (χ1n) is 5.04. The molecule has 16 heavy (non-hydrogen) atoms. The summed E-state index contributed by atoms with van der Waals surface area (Å²) in [5, 5.41) is 2.94. The minimum atomic E-state index is 0.482. The molecule has 0 heterocycles. The van der Waals surface area contributed by atoms with Gasteiger partial charge in [-0.3, -0.25) is 9.59 Å². The molecule has 4 heteroatoms. The van der Waals surface area contributed by atoms with Gasteiger partial charge in [0.1, 0.15) is 6.29 Å². The van der Waals surface area contributed by atoms with Gasteiger partial charge in [0, 0.05) is 12.6 Å². The molecule has 0 amide bonds. The van der Waals surface area contributed by atoms with Crippen LogP contribution in [0.2, 0.25) is 0 Å². The van der Waals surface area contributed by atoms with Crippen LogP contribution >= 0.6 is 0 Å². The smallest absolute Gasteiger partial charge is 0.164 e. The molecule has 0 fully saturated rings. The Kier molecular flexibility index (Phi) is 4.39. The van der Waals surface area contributed by atoms with Crippen molar-refractivity contribution in [1.82, 2.24) is 0 Å². The Morgan fingerprint density at radius 1 is 1.44 bits per heavy atom. The monoisotopic (exact) mass is 218 g/mol. The van der Waals surface area contributed by atoms with Gasteiger partial charge in [-0.15, -0.1) is 0 Å². The van der Waals surface area contributed by atoms with Gasteiger partial charge in [-0.2, -0.15) is 0 Å². The molecule has 1 aromatic rings. The molecular weight excluding hydrogens is 204 g/mol. The highest BCUT2D eigenvalue weighted by atomic mass is 16.1. The number of hydrogen-bond donors (Lipinski definition) is 1. The van der Waals surface area contributed by atoms with E-state index in [1.165, 1.54) is 0 Å². The van der Waals surface area contributed by atoms with E-state index in [0.29, 0.717) is 23.4 Å². The molecule has 1 aromatic carbocycles. The van der Waals surface area contributed by atoms with Crippen LogP contribution in [0, 0.1) is 0 Å². The topological polar surface area (TPSA) is 58.5 Å². The minimum absolute atomic E-state index is 0.482. The Morgan fingerprint density at radius 2 is 2.19 bits per heavy atom. The fourth-order valence-corrected chi connectivity index (χ4v) is 1.27. The molecule has 0 spiro atoms. The lowest BCUT2D eigenvalue weighted by Crippen LogP contribution is -1.97. The number of benzene rings is 1. The van der Waals surface area contributed by atoms with E-state index in [9.17, 15) is 9.59 Å². The molecule has 0 atom stereocenters. The Balaban J connectivity index is 3.18. The molecule has 0 saturated heterocycles. The predicted octanol–water partition coefficient (Wildman–Crippen LogP) is 2.22. The molecular formula is C12H14N2O2. The number of aldehydes is 2. The lowest BCUT2D eigenvalue weighted by molar-refractivity contribution is -0.102. The number of carbonyl (C=O) groups excluding carboxylic acids is 2. The van der Waals surface area contributed by atoms with Crippen molar-refractivity contribution in [3.8, 4) is 0 Å². The van der Waals surface area contributed by atoms with Crippen LogP contribution in [-0.4, -0.2) is 25.3 Å². The van der Waals surface area contributed by atoms with E-state index >= 15 is 0 Å². The second-order valence-electron chi connectivity index (χ2n) is 3.22. The Bertz CT molecular complexity index is 425. The highest BCUT2D eigenvalue weighted by Crippen LogP contribution is 2.25. The Labute approximate surface area is 94.4 Å². The molecule has 0 aliphatic rings. The largest absolute Gasteiger partial charge is 0.386 e. The van der Waals surface area contributed by atoms with Gasteiger partial charge in [-0.05, 0) is 24.6 Å². The normalized spacial score (nSPS) is 11.0. The van der Waals surface area contributed by atoms with Crippen LogP contribution < -0.4 is 5.32 Å². The third-order valence-electron chi connectivity index (χ3n) is 2.19. The molecule has 0 saturated carbocycles. The fraction of sp³-hybridized carbons (Fsp3) is 0.250. The average molecular weight is 218 g/mol. The van der Waals surface area contributed by atoms with E-state index < -0.39 is 0 Å². The average Bonchev–Trinajstić information content (AvgIpc) is 2.35. The molecule has 84 valence electrons. The van der Waals surface area contributed by atoms with Gasteiger partial charge in [0.2, 0.25) is 0 Å². The summed E-state index contributed by atoms with van der Waals surface area (Å²) in [4.78, 5) is 25.5. The molecule has 0 aromatic heterocycles. The lowest BCUT2D eigenvalue weighted by atomic mass is 10.2. The van der Waals surface area contributed by atoms with E-state index in [-0.39, 0.29) is 0 Å². The van der Waals surface area contributed by atoms with Crippen LogP contribution in [0.25, 0.3) is 0 Å². The molecule has 0 bridgehead atoms. The first-order chi connectivity index (χ1) is 7.74. The van der Waals surface area contributed by atoms with Crippen molar-refractivity contribution < 1.29 is 9.59 Å². The second kappa shape index (κ2) is 5.80. The number of carbonyl (C=O) groups is 2. The molecule has 0 aliphatic heterocycles. The van der Waals surface area contributed by atoms with Gasteiger partial charge in [-0.1, -0.05) is 6.92 Å². The number of hydrogen-bond acceptors (Lipinski definition) is 4. The van der Waals surface area contributed by atoms with Gasteiger partial charge < -0.3 is 5.32 Å². The predicted molar refractivity (Wildman–Crippen MR) is 64.8 cm³/mol. The van der Waals surface area contributed by atoms with Crippen molar-refractivity contribution in [2.45, 2.75) is 13.3 Å². The standard InChI is InChI=1S/C12H14N2O2/c1-3-10(8-16)14-11-5-4-9(7-15)6-12(11)13-2/h4-8,13H,3H2,1-2H3. The molecule has 0 unspecified atom stereocenters. The molecule has 0 radical (unpaired) electrons. The van der Waals surface area contributed by atoms with Crippen LogP contribution in [0.1, 0.15) is 23.7 Å². The van der Waals surface area contributed by atoms with Crippen LogP contribution in [0.4, 0.5) is 11.4 Å². The van der Waals surface area contributed by atoms with Crippen LogP contribution in [-0.2, 0) is 4.79 Å². The summed E-state index contributed by atoms with van der Waals surface area (Å²) in [5.74, 6) is 0. The minimum Gasteiger partial charge on any atom is -0.386 e. The molecule has 0 aliphatic carbocycles. The summed E-state index contributed by atoms with van der Waals surface area (Å²) in [6.45, 7) is 1.87. The summed E-state index contributed by atoms with van der Waals surface area (Å²) in [6.07, 6.45) is 2.10. The summed E-state index contributed by atoms with van der Waals surface area (Å²) < 4.78 is 0. The van der Waals surface area contributed by atoms with Crippen molar-refractivity contribution in [3.05, 3.63) is 23.8 Å². The van der Waals surface area contributed by atoms with Gasteiger partial charge in [-0.25, -0.2) is 4.99 Å². The van der Waals surface area contributed by atoms with Crippen LogP contribution in [0.3, 0.4) is 0 Å². The summed E-state index contributed by atoms with van der Waals surface area (Å²) in [6, 6.07) is 5.09. The van der Waals surface area contributed by atoms with E-state index in [2.05, 4.69) is 10.3 Å². The van der Waals surface area contributed by atoms with Gasteiger partial charge in [0.05, 0.1) is 17.1 Å². The van der Waals surface area contributed by atoms with E-state index in [1.807, 2.05) is 6.92 Å². The van der Waals surface area contributed by atoms with Crippen LogP contribution in [0.15, 0.2) is 23.2 Å². The first-order valence-corrected chi connectivity index (χ1v) is 5.04. The summed E-state index contributed by atoms with van der Waals surface area (Å²) in [5.41, 5.74) is 2.46. The van der Waals surface area contributed by atoms with Gasteiger partial charge in [0.25, 0.3) is 0 Å². The quantitative estimate of drug-likeness (QED) is 0.609. The van der Waals surface area contributed by atoms with Crippen molar-refractivity contribution in [2.75, 3.05) is 12.4 Å². The zero-order valence-electron chi connectivity index (χ0n) is 9.36. The highest BCUT2D eigenvalue weighted by Gasteiger charge is 2.02. The Hall–Kier alpha value is -1.97. The SMILES string of the molecule is CCC(C=O)=Nc1ccc(C=O)cc1NC. The maximum absolute atomic E-state index is 10.7. The van der Waals surface area contributed by atoms with Crippen molar-refractivity contribution in [3.63, 3.8) is 0 Å². The highest BCUT2D eigenvalue weighted by molar-refractivity contribution is 6.28. The zero-order valence-corrected chi connectivity index (χ0v) is 9.36. The first kappa shape index (κ1) is 12.1. The summed E-state index contributed by atoms with van der Waals surface area (Å²) in [7, 11) is 1.75. The van der Waals surface area contributed by atoms with E-state index in [0.717, 1.165) is 18.3 Å². The molecule has 1 rings (SSSR count). The maximum Gasteiger partial charge on any atom is 0.164 e. The third-order valence-corrected chi connectivity index (χ3v) is 2.19. The number of anilines is 1. The van der Waals surface area contributed by atoms with Crippen molar-refractivity contribution in [1.29, 1.82) is 0 Å². The van der Waals surface area contributed by atoms with E-state index in [4.69, 9.17) is 0 Å².